The van der Waals surface area contributed by atoms with Gasteiger partial charge in [0.2, 0.25) is 0 Å². The van der Waals surface area contributed by atoms with E-state index in [9.17, 15) is 10.2 Å². The lowest BCUT2D eigenvalue weighted by Gasteiger charge is -2.13. The summed E-state index contributed by atoms with van der Waals surface area (Å²) in [6, 6.07) is 7.12. The average Bonchev–Trinajstić information content (AvgIpc) is 2.42. The highest BCUT2D eigenvalue weighted by atomic mass is 16.5. The molecule has 0 amide bonds. The second-order valence-corrected chi connectivity index (χ2v) is 4.28. The fourth-order valence-electron chi connectivity index (χ4n) is 1.44. The number of rotatable bonds is 9. The summed E-state index contributed by atoms with van der Waals surface area (Å²) in [5.41, 5.74) is 0.829. The van der Waals surface area contributed by atoms with Gasteiger partial charge in [-0.3, -0.25) is 0 Å². The van der Waals surface area contributed by atoms with Crippen LogP contribution in [0.25, 0.3) is 0 Å². The van der Waals surface area contributed by atoms with Gasteiger partial charge in [0.25, 0.3) is 0 Å². The molecule has 0 aliphatic rings. The van der Waals surface area contributed by atoms with Crippen LogP contribution in [0.4, 0.5) is 0 Å². The van der Waals surface area contributed by atoms with E-state index in [-0.39, 0.29) is 13.2 Å². The Morgan fingerprint density at radius 1 is 1.05 bits per heavy atom. The van der Waals surface area contributed by atoms with Gasteiger partial charge in [-0.05, 0) is 24.6 Å². The highest BCUT2D eigenvalue weighted by Crippen LogP contribution is 2.17. The largest absolute Gasteiger partial charge is 0.491 e. The van der Waals surface area contributed by atoms with E-state index in [4.69, 9.17) is 14.2 Å². The van der Waals surface area contributed by atoms with Gasteiger partial charge < -0.3 is 24.4 Å². The third kappa shape index (κ3) is 6.54. The van der Waals surface area contributed by atoms with Crippen LogP contribution in [0.5, 0.6) is 5.75 Å². The van der Waals surface area contributed by atoms with Crippen LogP contribution in [-0.2, 0) is 9.47 Å². The van der Waals surface area contributed by atoms with Crippen molar-refractivity contribution in [1.82, 2.24) is 0 Å². The number of ether oxygens (including phenoxy) is 3. The lowest BCUT2D eigenvalue weighted by molar-refractivity contribution is -0.00420. The van der Waals surface area contributed by atoms with Gasteiger partial charge in [-0.1, -0.05) is 12.1 Å². The molecule has 2 N–H and O–H groups in total. The molecule has 0 bridgehead atoms. The Balaban J connectivity index is 2.24. The normalized spacial score (nSPS) is 14.1. The molecule has 2 atom stereocenters. The van der Waals surface area contributed by atoms with E-state index in [1.165, 1.54) is 0 Å². The minimum atomic E-state index is -0.673. The minimum Gasteiger partial charge on any atom is -0.491 e. The molecular formula is C14H22O5. The van der Waals surface area contributed by atoms with Crippen LogP contribution in [0.3, 0.4) is 0 Å². The molecule has 5 nitrogen and oxygen atoms in total. The van der Waals surface area contributed by atoms with Gasteiger partial charge in [-0.2, -0.15) is 0 Å². The predicted octanol–water partition coefficient (Wildman–Crippen LogP) is 1.14. The molecule has 1 aromatic rings. The Morgan fingerprint density at radius 3 is 2.32 bits per heavy atom. The van der Waals surface area contributed by atoms with Crippen LogP contribution in [-0.4, -0.2) is 49.9 Å². The Bertz CT molecular complexity index is 336. The zero-order valence-electron chi connectivity index (χ0n) is 11.4. The van der Waals surface area contributed by atoms with Crippen LogP contribution in [0.15, 0.2) is 24.3 Å². The molecule has 1 rings (SSSR count). The second kappa shape index (κ2) is 8.87. The van der Waals surface area contributed by atoms with Crippen molar-refractivity contribution in [3.8, 4) is 5.75 Å². The molecule has 2 unspecified atom stereocenters. The van der Waals surface area contributed by atoms with Crippen molar-refractivity contribution in [2.45, 2.75) is 19.1 Å². The molecule has 0 aromatic heterocycles. The number of aliphatic hydroxyl groups excluding tert-OH is 2. The predicted molar refractivity (Wildman–Crippen MR) is 71.3 cm³/mol. The molecule has 0 heterocycles. The monoisotopic (exact) mass is 270 g/mol. The van der Waals surface area contributed by atoms with Crippen LogP contribution >= 0.6 is 0 Å². The van der Waals surface area contributed by atoms with Crippen molar-refractivity contribution in [3.05, 3.63) is 29.8 Å². The zero-order chi connectivity index (χ0) is 14.1. The number of methoxy groups -OCH3 is 1. The Morgan fingerprint density at radius 2 is 1.74 bits per heavy atom. The van der Waals surface area contributed by atoms with Gasteiger partial charge in [0.05, 0.1) is 25.9 Å². The van der Waals surface area contributed by atoms with Crippen molar-refractivity contribution in [2.24, 2.45) is 0 Å². The van der Waals surface area contributed by atoms with Crippen molar-refractivity contribution in [2.75, 3.05) is 33.5 Å². The quantitative estimate of drug-likeness (QED) is 0.659. The molecule has 0 aliphatic heterocycles. The molecule has 0 aliphatic carbocycles. The molecule has 5 heteroatoms. The molecule has 19 heavy (non-hydrogen) atoms. The molecule has 0 saturated carbocycles. The van der Waals surface area contributed by atoms with Gasteiger partial charge in [-0.15, -0.1) is 0 Å². The van der Waals surface area contributed by atoms with Crippen LogP contribution in [0, 0.1) is 0 Å². The standard InChI is InChI=1S/C14H22O5/c1-11(15)12-3-5-14(6-4-12)19-10-13(16)9-18-8-7-17-2/h3-6,11,13,15-16H,7-10H2,1-2H3. The average molecular weight is 270 g/mol. The summed E-state index contributed by atoms with van der Waals surface area (Å²) in [6.07, 6.45) is -1.16. The van der Waals surface area contributed by atoms with Gasteiger partial charge >= 0.3 is 0 Å². The van der Waals surface area contributed by atoms with Crippen molar-refractivity contribution < 1.29 is 24.4 Å². The van der Waals surface area contributed by atoms with E-state index >= 15 is 0 Å². The molecule has 108 valence electrons. The maximum Gasteiger partial charge on any atom is 0.119 e. The van der Waals surface area contributed by atoms with Crippen LogP contribution < -0.4 is 4.74 Å². The minimum absolute atomic E-state index is 0.168. The molecule has 0 spiro atoms. The van der Waals surface area contributed by atoms with Crippen LogP contribution in [0.1, 0.15) is 18.6 Å². The van der Waals surface area contributed by atoms with Crippen molar-refractivity contribution in [1.29, 1.82) is 0 Å². The summed E-state index contributed by atoms with van der Waals surface area (Å²) >= 11 is 0. The Kier molecular flexibility index (Phi) is 7.43. The summed E-state index contributed by atoms with van der Waals surface area (Å²) in [7, 11) is 1.60. The van der Waals surface area contributed by atoms with Gasteiger partial charge in [0, 0.05) is 7.11 Å². The third-order valence-corrected chi connectivity index (χ3v) is 2.55. The second-order valence-electron chi connectivity index (χ2n) is 4.28. The fourth-order valence-corrected chi connectivity index (χ4v) is 1.44. The summed E-state index contributed by atoms with van der Waals surface area (Å²) in [5, 5.41) is 19.0. The SMILES string of the molecule is COCCOCC(O)COc1ccc(C(C)O)cc1. The topological polar surface area (TPSA) is 68.2 Å². The number of aliphatic hydroxyl groups is 2. The summed E-state index contributed by atoms with van der Waals surface area (Å²) in [4.78, 5) is 0. The van der Waals surface area contributed by atoms with Gasteiger partial charge in [0.1, 0.15) is 18.5 Å². The van der Waals surface area contributed by atoms with E-state index in [1.807, 2.05) is 0 Å². The maximum atomic E-state index is 9.62. The third-order valence-electron chi connectivity index (χ3n) is 2.55. The molecule has 1 aromatic carbocycles. The summed E-state index contributed by atoms with van der Waals surface area (Å²) in [6.45, 7) is 3.05. The zero-order valence-corrected chi connectivity index (χ0v) is 11.4. The molecule has 0 radical (unpaired) electrons. The van der Waals surface area contributed by atoms with Crippen molar-refractivity contribution in [3.63, 3.8) is 0 Å². The maximum absolute atomic E-state index is 9.62. The lowest BCUT2D eigenvalue weighted by Crippen LogP contribution is -2.24. The first-order valence-electron chi connectivity index (χ1n) is 6.29. The van der Waals surface area contributed by atoms with E-state index < -0.39 is 12.2 Å². The van der Waals surface area contributed by atoms with E-state index in [0.29, 0.717) is 19.0 Å². The molecular weight excluding hydrogens is 248 g/mol. The Hall–Kier alpha value is -1.14. The van der Waals surface area contributed by atoms with E-state index in [2.05, 4.69) is 0 Å². The van der Waals surface area contributed by atoms with E-state index in [1.54, 1.807) is 38.3 Å². The Labute approximate surface area is 113 Å². The number of hydrogen-bond donors (Lipinski definition) is 2. The lowest BCUT2D eigenvalue weighted by atomic mass is 10.1. The molecule has 0 fully saturated rings. The van der Waals surface area contributed by atoms with Gasteiger partial charge in [-0.25, -0.2) is 0 Å². The fraction of sp³-hybridized carbons (Fsp3) is 0.571. The van der Waals surface area contributed by atoms with E-state index in [0.717, 1.165) is 5.56 Å². The highest BCUT2D eigenvalue weighted by Gasteiger charge is 2.06. The van der Waals surface area contributed by atoms with Crippen molar-refractivity contribution >= 4 is 0 Å². The molecule has 0 saturated heterocycles. The smallest absolute Gasteiger partial charge is 0.119 e. The highest BCUT2D eigenvalue weighted by molar-refractivity contribution is 5.28. The van der Waals surface area contributed by atoms with Gasteiger partial charge in [0.15, 0.2) is 0 Å². The first-order chi connectivity index (χ1) is 9.13. The summed E-state index contributed by atoms with van der Waals surface area (Å²) in [5.74, 6) is 0.653. The first kappa shape index (κ1) is 15.9. The van der Waals surface area contributed by atoms with Crippen LogP contribution in [0.2, 0.25) is 0 Å². The first-order valence-corrected chi connectivity index (χ1v) is 6.29. The summed E-state index contributed by atoms with van der Waals surface area (Å²) < 4.78 is 15.4. The number of hydrogen-bond acceptors (Lipinski definition) is 5. The number of benzene rings is 1.